The van der Waals surface area contributed by atoms with Crippen molar-refractivity contribution in [1.29, 1.82) is 0 Å². The first kappa shape index (κ1) is 15.3. The Morgan fingerprint density at radius 3 is 2.33 bits per heavy atom. The molecule has 0 fully saturated rings. The zero-order valence-electron chi connectivity index (χ0n) is 10.1. The van der Waals surface area contributed by atoms with E-state index >= 15 is 0 Å². The highest BCUT2D eigenvalue weighted by molar-refractivity contribution is 6.18. The monoisotopic (exact) mass is 280 g/mol. The summed E-state index contributed by atoms with van der Waals surface area (Å²) in [6.07, 6.45) is -3.77. The molecule has 1 rings (SSSR count). The van der Waals surface area contributed by atoms with Gasteiger partial charge in [0.2, 0.25) is 0 Å². The fourth-order valence-electron chi connectivity index (χ4n) is 1.59. The van der Waals surface area contributed by atoms with Crippen molar-refractivity contribution in [2.45, 2.75) is 25.4 Å². The van der Waals surface area contributed by atoms with Crippen molar-refractivity contribution in [3.8, 4) is 0 Å². The van der Waals surface area contributed by atoms with Gasteiger partial charge in [-0.1, -0.05) is 29.8 Å². The highest BCUT2D eigenvalue weighted by atomic mass is 35.5. The van der Waals surface area contributed by atoms with Gasteiger partial charge >= 0.3 is 6.18 Å². The Morgan fingerprint density at radius 2 is 1.83 bits per heavy atom. The maximum atomic E-state index is 11.9. The Morgan fingerprint density at radius 1 is 1.22 bits per heavy atom. The quantitative estimate of drug-likeness (QED) is 0.558. The van der Waals surface area contributed by atoms with Gasteiger partial charge in [-0.05, 0) is 24.8 Å². The molecule has 0 aliphatic carbocycles. The Hall–Kier alpha value is -0.740. The Kier molecular flexibility index (Phi) is 5.96. The molecule has 1 aromatic rings. The summed E-state index contributed by atoms with van der Waals surface area (Å²) in [5, 5.41) is 0. The fraction of sp³-hybridized carbons (Fsp3) is 0.538. The van der Waals surface area contributed by atoms with Crippen LogP contribution in [0.4, 0.5) is 13.2 Å². The molecule has 1 atom stereocenters. The minimum absolute atomic E-state index is 0.0282. The topological polar surface area (TPSA) is 9.23 Å². The van der Waals surface area contributed by atoms with E-state index in [0.717, 1.165) is 11.1 Å². The Balaban J connectivity index is 2.40. The zero-order chi connectivity index (χ0) is 13.6. The van der Waals surface area contributed by atoms with Crippen LogP contribution in [0.1, 0.15) is 23.5 Å². The lowest BCUT2D eigenvalue weighted by atomic mass is 9.97. The lowest BCUT2D eigenvalue weighted by molar-refractivity contribution is -0.174. The second-order valence-electron chi connectivity index (χ2n) is 4.22. The van der Waals surface area contributed by atoms with E-state index in [1.807, 2.05) is 31.2 Å². The molecule has 0 heterocycles. The normalized spacial score (nSPS) is 13.6. The lowest BCUT2D eigenvalue weighted by Crippen LogP contribution is -2.18. The summed E-state index contributed by atoms with van der Waals surface area (Å²) in [5.41, 5.74) is 2.17. The number of hydrogen-bond acceptors (Lipinski definition) is 1. The van der Waals surface area contributed by atoms with Gasteiger partial charge in [0.25, 0.3) is 0 Å². The highest BCUT2D eigenvalue weighted by Gasteiger charge is 2.27. The van der Waals surface area contributed by atoms with Crippen LogP contribution in [0.25, 0.3) is 0 Å². The van der Waals surface area contributed by atoms with Crippen molar-refractivity contribution >= 4 is 11.6 Å². The van der Waals surface area contributed by atoms with Crippen molar-refractivity contribution < 1.29 is 17.9 Å². The number of ether oxygens (including phenoxy) is 1. The smallest absolute Gasteiger partial charge is 0.372 e. The lowest BCUT2D eigenvalue weighted by Gasteiger charge is -2.15. The number of hydrogen-bond donors (Lipinski definition) is 0. The summed E-state index contributed by atoms with van der Waals surface area (Å²) >= 11 is 5.83. The molecule has 0 saturated heterocycles. The summed E-state index contributed by atoms with van der Waals surface area (Å²) in [7, 11) is 0. The predicted molar refractivity (Wildman–Crippen MR) is 66.1 cm³/mol. The van der Waals surface area contributed by atoms with Crippen LogP contribution >= 0.6 is 11.6 Å². The molecule has 1 aromatic carbocycles. The Labute approximate surface area is 110 Å². The first-order valence-corrected chi connectivity index (χ1v) is 6.23. The number of rotatable bonds is 6. The van der Waals surface area contributed by atoms with E-state index < -0.39 is 12.8 Å². The predicted octanol–water partition coefficient (Wildman–Crippen LogP) is 4.29. The van der Waals surface area contributed by atoms with Gasteiger partial charge in [0.1, 0.15) is 6.61 Å². The second kappa shape index (κ2) is 7.00. The molecule has 0 spiro atoms. The molecule has 0 aliphatic rings. The summed E-state index contributed by atoms with van der Waals surface area (Å²) in [5.74, 6) is 0.402. The maximum absolute atomic E-state index is 11.9. The summed E-state index contributed by atoms with van der Waals surface area (Å²) in [6.45, 7) is 0.840. The molecule has 0 saturated carbocycles. The van der Waals surface area contributed by atoms with Crippen molar-refractivity contribution in [2.75, 3.05) is 19.1 Å². The van der Waals surface area contributed by atoms with Crippen LogP contribution in [0.15, 0.2) is 24.3 Å². The molecule has 5 heteroatoms. The Bertz CT molecular complexity index is 348. The van der Waals surface area contributed by atoms with Gasteiger partial charge in [-0.15, -0.1) is 11.6 Å². The summed E-state index contributed by atoms with van der Waals surface area (Å²) in [6, 6.07) is 7.83. The van der Waals surface area contributed by atoms with Crippen LogP contribution in [0.2, 0.25) is 0 Å². The second-order valence-corrected chi connectivity index (χ2v) is 4.53. The third-order valence-corrected chi connectivity index (χ3v) is 2.98. The van der Waals surface area contributed by atoms with Crippen LogP contribution in [-0.2, 0) is 4.74 Å². The first-order chi connectivity index (χ1) is 8.42. The highest BCUT2D eigenvalue weighted by Crippen LogP contribution is 2.22. The minimum atomic E-state index is -4.26. The van der Waals surface area contributed by atoms with E-state index in [0.29, 0.717) is 12.3 Å². The van der Waals surface area contributed by atoms with Gasteiger partial charge in [0, 0.05) is 12.5 Å². The van der Waals surface area contributed by atoms with Crippen molar-refractivity contribution in [1.82, 2.24) is 0 Å². The van der Waals surface area contributed by atoms with Crippen LogP contribution in [0.5, 0.6) is 0 Å². The average molecular weight is 281 g/mol. The van der Waals surface area contributed by atoms with Gasteiger partial charge in [0.05, 0.1) is 0 Å². The van der Waals surface area contributed by atoms with Crippen molar-refractivity contribution in [3.05, 3.63) is 35.4 Å². The van der Waals surface area contributed by atoms with E-state index in [4.69, 9.17) is 11.6 Å². The van der Waals surface area contributed by atoms with Crippen LogP contribution < -0.4 is 0 Å². The van der Waals surface area contributed by atoms with Crippen molar-refractivity contribution in [3.63, 3.8) is 0 Å². The van der Waals surface area contributed by atoms with Gasteiger partial charge in [-0.3, -0.25) is 0 Å². The molecule has 1 unspecified atom stereocenters. The molecule has 0 radical (unpaired) electrons. The minimum Gasteiger partial charge on any atom is -0.372 e. The molecule has 0 aliphatic heterocycles. The number of aryl methyl sites for hydroxylation is 1. The fourth-order valence-corrected chi connectivity index (χ4v) is 1.92. The van der Waals surface area contributed by atoms with Crippen LogP contribution in [0, 0.1) is 6.92 Å². The standard InChI is InChI=1S/C13H16ClF3O/c1-10-2-4-11(5-3-10)12(8-14)6-7-18-9-13(15,16)17/h2-5,12H,6-9H2,1H3. The largest absolute Gasteiger partial charge is 0.411 e. The average Bonchev–Trinajstić information content (AvgIpc) is 2.29. The third-order valence-electron chi connectivity index (χ3n) is 2.61. The molecule has 1 nitrogen and oxygen atoms in total. The van der Waals surface area contributed by atoms with E-state index in [9.17, 15) is 13.2 Å². The molecule has 0 amide bonds. The van der Waals surface area contributed by atoms with Crippen molar-refractivity contribution in [2.24, 2.45) is 0 Å². The van der Waals surface area contributed by atoms with E-state index in [1.54, 1.807) is 0 Å². The zero-order valence-corrected chi connectivity index (χ0v) is 10.9. The summed E-state index contributed by atoms with van der Waals surface area (Å²) < 4.78 is 40.2. The molecule has 0 N–H and O–H groups in total. The van der Waals surface area contributed by atoms with Gasteiger partial charge in [0.15, 0.2) is 0 Å². The molecule has 0 aromatic heterocycles. The molecule has 0 bridgehead atoms. The third kappa shape index (κ3) is 5.74. The molecule has 18 heavy (non-hydrogen) atoms. The van der Waals surface area contributed by atoms with Crippen LogP contribution in [-0.4, -0.2) is 25.3 Å². The maximum Gasteiger partial charge on any atom is 0.411 e. The first-order valence-electron chi connectivity index (χ1n) is 5.69. The molecular weight excluding hydrogens is 265 g/mol. The van der Waals surface area contributed by atoms with E-state index in [-0.39, 0.29) is 12.5 Å². The number of benzene rings is 1. The van der Waals surface area contributed by atoms with Gasteiger partial charge in [-0.2, -0.15) is 13.2 Å². The molecular formula is C13H16ClF3O. The summed E-state index contributed by atoms with van der Waals surface area (Å²) in [4.78, 5) is 0. The number of halogens is 4. The van der Waals surface area contributed by atoms with Gasteiger partial charge in [-0.25, -0.2) is 0 Å². The molecule has 102 valence electrons. The van der Waals surface area contributed by atoms with E-state index in [1.165, 1.54) is 0 Å². The SMILES string of the molecule is Cc1ccc(C(CCl)CCOCC(F)(F)F)cc1. The number of alkyl halides is 4. The van der Waals surface area contributed by atoms with Crippen LogP contribution in [0.3, 0.4) is 0 Å². The van der Waals surface area contributed by atoms with E-state index in [2.05, 4.69) is 4.74 Å². The van der Waals surface area contributed by atoms with Gasteiger partial charge < -0.3 is 4.74 Å².